The molecule has 0 spiro atoms. The van der Waals surface area contributed by atoms with E-state index in [9.17, 15) is 4.79 Å². The van der Waals surface area contributed by atoms with Crippen LogP contribution in [0.25, 0.3) is 0 Å². The number of aromatic nitrogens is 2. The van der Waals surface area contributed by atoms with Crippen LogP contribution in [0.2, 0.25) is 0 Å². The number of carbonyl (C=O) groups is 1. The van der Waals surface area contributed by atoms with Crippen molar-refractivity contribution in [3.05, 3.63) is 35.9 Å². The summed E-state index contributed by atoms with van der Waals surface area (Å²) in [6.45, 7) is 4.59. The van der Waals surface area contributed by atoms with Gasteiger partial charge in [0.1, 0.15) is 5.82 Å². The van der Waals surface area contributed by atoms with E-state index >= 15 is 0 Å². The molecule has 3 rings (SSSR count). The normalized spacial score (nSPS) is 15.3. The lowest BCUT2D eigenvalue weighted by atomic mass is 10.2. The molecule has 2 aromatic rings. The van der Waals surface area contributed by atoms with Gasteiger partial charge in [0.25, 0.3) is 5.91 Å². The van der Waals surface area contributed by atoms with Crippen molar-refractivity contribution in [3.63, 3.8) is 0 Å². The fourth-order valence-corrected chi connectivity index (χ4v) is 2.37. The summed E-state index contributed by atoms with van der Waals surface area (Å²) in [7, 11) is 0. The number of pyridine rings is 1. The van der Waals surface area contributed by atoms with Crippen LogP contribution in [0.3, 0.4) is 0 Å². The molecule has 21 heavy (non-hydrogen) atoms. The highest BCUT2D eigenvalue weighted by Gasteiger charge is 2.24. The predicted octanol–water partition coefficient (Wildman–Crippen LogP) is 0.923. The van der Waals surface area contributed by atoms with Gasteiger partial charge in [-0.05, 0) is 19.1 Å². The fraction of sp³-hybridized carbons (Fsp3) is 0.357. The zero-order valence-corrected chi connectivity index (χ0v) is 11.8. The molecule has 0 unspecified atom stereocenters. The minimum absolute atomic E-state index is 0.106. The van der Waals surface area contributed by atoms with Crippen molar-refractivity contribution in [2.75, 3.05) is 36.8 Å². The Bertz CT molecular complexity index is 629. The molecule has 0 aromatic carbocycles. The maximum absolute atomic E-state index is 12.2. The van der Waals surface area contributed by atoms with Gasteiger partial charge < -0.3 is 20.1 Å². The molecule has 0 bridgehead atoms. The number of hydrogen-bond donors (Lipinski definition) is 1. The number of hydrogen-bond acceptors (Lipinski definition) is 6. The zero-order valence-electron chi connectivity index (χ0n) is 11.8. The molecular weight excluding hydrogens is 270 g/mol. The minimum Gasteiger partial charge on any atom is -0.384 e. The summed E-state index contributed by atoms with van der Waals surface area (Å²) in [5.74, 6) is 0.703. The van der Waals surface area contributed by atoms with Gasteiger partial charge in [-0.25, -0.2) is 4.98 Å². The van der Waals surface area contributed by atoms with Gasteiger partial charge in [-0.2, -0.15) is 0 Å². The second-order valence-electron chi connectivity index (χ2n) is 5.05. The van der Waals surface area contributed by atoms with Crippen LogP contribution in [0.4, 0.5) is 11.5 Å². The number of amides is 1. The van der Waals surface area contributed by atoms with Crippen LogP contribution in [0.15, 0.2) is 28.9 Å². The van der Waals surface area contributed by atoms with Crippen LogP contribution in [0.1, 0.15) is 16.2 Å². The van der Waals surface area contributed by atoms with E-state index in [0.29, 0.717) is 30.4 Å². The van der Waals surface area contributed by atoms with E-state index in [0.717, 1.165) is 18.8 Å². The SMILES string of the molecule is Cc1cc(C(=O)N2CCN(c3ccc(N)nc3)CC2)on1. The molecule has 2 N–H and O–H groups in total. The molecular formula is C14H17N5O2. The second-order valence-corrected chi connectivity index (χ2v) is 5.05. The van der Waals surface area contributed by atoms with Crippen molar-refractivity contribution < 1.29 is 9.32 Å². The van der Waals surface area contributed by atoms with E-state index in [4.69, 9.17) is 10.3 Å². The highest BCUT2D eigenvalue weighted by atomic mass is 16.5. The van der Waals surface area contributed by atoms with Crippen molar-refractivity contribution in [2.45, 2.75) is 6.92 Å². The molecule has 0 saturated carbocycles. The molecule has 2 aromatic heterocycles. The molecule has 1 saturated heterocycles. The lowest BCUT2D eigenvalue weighted by molar-refractivity contribution is 0.0704. The van der Waals surface area contributed by atoms with Crippen LogP contribution in [0.5, 0.6) is 0 Å². The van der Waals surface area contributed by atoms with Crippen molar-refractivity contribution >= 4 is 17.4 Å². The monoisotopic (exact) mass is 287 g/mol. The Morgan fingerprint density at radius 2 is 2.05 bits per heavy atom. The number of carbonyl (C=O) groups excluding carboxylic acids is 1. The number of anilines is 2. The van der Waals surface area contributed by atoms with E-state index in [2.05, 4.69) is 15.0 Å². The van der Waals surface area contributed by atoms with Crippen molar-refractivity contribution in [1.29, 1.82) is 0 Å². The van der Waals surface area contributed by atoms with Crippen LogP contribution in [0, 0.1) is 6.92 Å². The smallest absolute Gasteiger partial charge is 0.292 e. The van der Waals surface area contributed by atoms with Crippen LogP contribution in [-0.2, 0) is 0 Å². The molecule has 1 aliphatic heterocycles. The first-order valence-corrected chi connectivity index (χ1v) is 6.82. The Labute approximate surface area is 122 Å². The van der Waals surface area contributed by atoms with Crippen LogP contribution in [-0.4, -0.2) is 47.1 Å². The number of piperazine rings is 1. The summed E-state index contributed by atoms with van der Waals surface area (Å²) >= 11 is 0. The second kappa shape index (κ2) is 5.43. The Morgan fingerprint density at radius 3 is 2.62 bits per heavy atom. The third-order valence-corrected chi connectivity index (χ3v) is 3.54. The Morgan fingerprint density at radius 1 is 1.29 bits per heavy atom. The van der Waals surface area contributed by atoms with Gasteiger partial charge in [-0.3, -0.25) is 4.79 Å². The minimum atomic E-state index is -0.106. The first-order chi connectivity index (χ1) is 10.1. The molecule has 0 atom stereocenters. The molecule has 0 aliphatic carbocycles. The average molecular weight is 287 g/mol. The molecule has 7 heteroatoms. The molecule has 7 nitrogen and oxygen atoms in total. The molecule has 1 fully saturated rings. The zero-order chi connectivity index (χ0) is 14.8. The molecule has 1 aliphatic rings. The van der Waals surface area contributed by atoms with E-state index in [1.54, 1.807) is 30.2 Å². The molecule has 0 radical (unpaired) electrons. The van der Waals surface area contributed by atoms with Crippen molar-refractivity contribution in [3.8, 4) is 0 Å². The Kier molecular flexibility index (Phi) is 3.47. The predicted molar refractivity (Wildman–Crippen MR) is 78.0 cm³/mol. The Balaban J connectivity index is 1.62. The van der Waals surface area contributed by atoms with Gasteiger partial charge >= 0.3 is 0 Å². The maximum Gasteiger partial charge on any atom is 0.292 e. The van der Waals surface area contributed by atoms with Gasteiger partial charge in [0, 0.05) is 32.2 Å². The van der Waals surface area contributed by atoms with Gasteiger partial charge in [0.2, 0.25) is 5.76 Å². The summed E-state index contributed by atoms with van der Waals surface area (Å²) in [5.41, 5.74) is 7.32. The summed E-state index contributed by atoms with van der Waals surface area (Å²) in [5, 5.41) is 3.75. The van der Waals surface area contributed by atoms with Gasteiger partial charge in [0.05, 0.1) is 17.6 Å². The van der Waals surface area contributed by atoms with Crippen molar-refractivity contribution in [2.24, 2.45) is 0 Å². The van der Waals surface area contributed by atoms with Crippen molar-refractivity contribution in [1.82, 2.24) is 15.0 Å². The van der Waals surface area contributed by atoms with E-state index < -0.39 is 0 Å². The van der Waals surface area contributed by atoms with Gasteiger partial charge in [-0.1, -0.05) is 5.16 Å². The average Bonchev–Trinajstić information content (AvgIpc) is 2.94. The maximum atomic E-state index is 12.2. The summed E-state index contributed by atoms with van der Waals surface area (Å²) < 4.78 is 5.03. The summed E-state index contributed by atoms with van der Waals surface area (Å²) in [6, 6.07) is 5.39. The highest BCUT2D eigenvalue weighted by molar-refractivity contribution is 5.91. The number of nitrogens with two attached hydrogens (primary N) is 1. The topological polar surface area (TPSA) is 88.5 Å². The first kappa shape index (κ1) is 13.4. The first-order valence-electron chi connectivity index (χ1n) is 6.82. The molecule has 110 valence electrons. The van der Waals surface area contributed by atoms with Crippen LogP contribution < -0.4 is 10.6 Å². The largest absolute Gasteiger partial charge is 0.384 e. The number of nitrogens with zero attached hydrogens (tertiary/aromatic N) is 4. The van der Waals surface area contributed by atoms with Crippen LogP contribution >= 0.6 is 0 Å². The third kappa shape index (κ3) is 2.81. The number of nitrogen functional groups attached to an aromatic ring is 1. The highest BCUT2D eigenvalue weighted by Crippen LogP contribution is 2.17. The quantitative estimate of drug-likeness (QED) is 0.883. The van der Waals surface area contributed by atoms with Gasteiger partial charge in [-0.15, -0.1) is 0 Å². The fourth-order valence-electron chi connectivity index (χ4n) is 2.37. The van der Waals surface area contributed by atoms with E-state index in [1.807, 2.05) is 6.07 Å². The van der Waals surface area contributed by atoms with Gasteiger partial charge in [0.15, 0.2) is 0 Å². The lowest BCUT2D eigenvalue weighted by Gasteiger charge is -2.35. The number of aryl methyl sites for hydroxylation is 1. The third-order valence-electron chi connectivity index (χ3n) is 3.54. The lowest BCUT2D eigenvalue weighted by Crippen LogP contribution is -2.48. The molecule has 1 amide bonds. The van der Waals surface area contributed by atoms with E-state index in [-0.39, 0.29) is 5.91 Å². The standard InChI is InChI=1S/C14H17N5O2/c1-10-8-12(21-17-10)14(20)19-6-4-18(5-7-19)11-2-3-13(15)16-9-11/h2-3,8-9H,4-7H2,1H3,(H2,15,16). The van der Waals surface area contributed by atoms with E-state index in [1.165, 1.54) is 0 Å². The molecule has 3 heterocycles. The Hall–Kier alpha value is -2.57. The summed E-state index contributed by atoms with van der Waals surface area (Å²) in [6.07, 6.45) is 1.76. The summed E-state index contributed by atoms with van der Waals surface area (Å²) in [4.78, 5) is 20.3. The number of rotatable bonds is 2.